The molecule has 1 aliphatic heterocycles. The predicted octanol–water partition coefficient (Wildman–Crippen LogP) is 2.61. The first kappa shape index (κ1) is 25.1. The summed E-state index contributed by atoms with van der Waals surface area (Å²) in [4.78, 5) is 7.06. The molecule has 0 aromatic heterocycles. The van der Waals surface area contributed by atoms with Gasteiger partial charge in [0.1, 0.15) is 0 Å². The number of hydrogen-bond donors (Lipinski definition) is 3. The molecule has 1 aromatic rings. The lowest BCUT2D eigenvalue weighted by molar-refractivity contribution is 0.0331. The number of guanidine groups is 1. The lowest BCUT2D eigenvalue weighted by Crippen LogP contribution is -2.49. The van der Waals surface area contributed by atoms with Gasteiger partial charge in [-0.15, -0.1) is 24.0 Å². The molecule has 160 valence electrons. The van der Waals surface area contributed by atoms with E-state index in [9.17, 15) is 5.11 Å². The van der Waals surface area contributed by atoms with Crippen LogP contribution in [0, 0.1) is 0 Å². The molecular weight excluding hydrogens is 467 g/mol. The lowest BCUT2D eigenvalue weighted by Gasteiger charge is -2.32. The van der Waals surface area contributed by atoms with Gasteiger partial charge in [0.05, 0.1) is 25.9 Å². The molecule has 2 rings (SSSR count). The molecule has 6 nitrogen and oxygen atoms in total. The number of piperidine rings is 1. The first-order valence-corrected chi connectivity index (χ1v) is 10.3. The molecule has 0 spiro atoms. The van der Waals surface area contributed by atoms with E-state index >= 15 is 0 Å². The summed E-state index contributed by atoms with van der Waals surface area (Å²) in [6, 6.07) is 10.4. The number of aliphatic hydroxyl groups is 1. The Balaban J connectivity index is 0.00000392. The number of likely N-dealkylation sites (tertiary alicyclic amines) is 1. The van der Waals surface area contributed by atoms with Gasteiger partial charge in [-0.1, -0.05) is 37.3 Å². The van der Waals surface area contributed by atoms with E-state index in [1.54, 1.807) is 0 Å². The van der Waals surface area contributed by atoms with Crippen LogP contribution in [0.1, 0.15) is 38.7 Å². The Hall–Kier alpha value is -0.900. The highest BCUT2D eigenvalue weighted by Crippen LogP contribution is 2.10. The van der Waals surface area contributed by atoms with E-state index < -0.39 is 6.10 Å². The van der Waals surface area contributed by atoms with Crippen molar-refractivity contribution in [1.29, 1.82) is 0 Å². The van der Waals surface area contributed by atoms with Crippen molar-refractivity contribution in [1.82, 2.24) is 15.5 Å². The molecule has 0 saturated carbocycles. The molecule has 1 fully saturated rings. The van der Waals surface area contributed by atoms with Gasteiger partial charge in [0.15, 0.2) is 5.96 Å². The number of ether oxygens (including phenoxy) is 1. The van der Waals surface area contributed by atoms with Gasteiger partial charge in [-0.25, -0.2) is 0 Å². The third-order valence-electron chi connectivity index (χ3n) is 4.69. The fourth-order valence-corrected chi connectivity index (χ4v) is 3.27. The highest BCUT2D eigenvalue weighted by molar-refractivity contribution is 14.0. The van der Waals surface area contributed by atoms with Gasteiger partial charge in [0.2, 0.25) is 0 Å². The summed E-state index contributed by atoms with van der Waals surface area (Å²) in [5.74, 6) is 0.786. The summed E-state index contributed by atoms with van der Waals surface area (Å²) in [5.41, 5.74) is 1.11. The maximum absolute atomic E-state index is 10.1. The molecule has 0 radical (unpaired) electrons. The fourth-order valence-electron chi connectivity index (χ4n) is 3.27. The fraction of sp³-hybridized carbons (Fsp3) is 0.667. The predicted molar refractivity (Wildman–Crippen MR) is 126 cm³/mol. The summed E-state index contributed by atoms with van der Waals surface area (Å²) in [6.45, 7) is 9.69. The second-order valence-corrected chi connectivity index (χ2v) is 7.13. The molecule has 0 bridgehead atoms. The minimum absolute atomic E-state index is 0. The van der Waals surface area contributed by atoms with E-state index in [1.165, 1.54) is 13.0 Å². The van der Waals surface area contributed by atoms with Crippen molar-refractivity contribution in [2.24, 2.45) is 4.99 Å². The number of hydrogen-bond acceptors (Lipinski definition) is 4. The Kier molecular flexibility index (Phi) is 13.5. The maximum atomic E-state index is 10.1. The second kappa shape index (κ2) is 15.0. The molecule has 7 heteroatoms. The monoisotopic (exact) mass is 504 g/mol. The lowest BCUT2D eigenvalue weighted by atomic mass is 10.1. The maximum Gasteiger partial charge on any atom is 0.191 e. The third kappa shape index (κ3) is 10.0. The van der Waals surface area contributed by atoms with Gasteiger partial charge >= 0.3 is 0 Å². The topological polar surface area (TPSA) is 69.1 Å². The average molecular weight is 504 g/mol. The van der Waals surface area contributed by atoms with E-state index in [4.69, 9.17) is 4.74 Å². The molecule has 3 N–H and O–H groups in total. The Labute approximate surface area is 187 Å². The summed E-state index contributed by atoms with van der Waals surface area (Å²) < 4.78 is 5.59. The van der Waals surface area contributed by atoms with Crippen molar-refractivity contribution in [3.05, 3.63) is 35.9 Å². The molecule has 1 atom stereocenters. The van der Waals surface area contributed by atoms with Crippen molar-refractivity contribution in [2.75, 3.05) is 39.3 Å². The zero-order valence-corrected chi connectivity index (χ0v) is 19.6. The minimum atomic E-state index is -0.601. The Morgan fingerprint density at radius 2 is 1.96 bits per heavy atom. The van der Waals surface area contributed by atoms with Gasteiger partial charge in [-0.3, -0.25) is 4.99 Å². The van der Waals surface area contributed by atoms with Crippen LogP contribution in [0.15, 0.2) is 35.3 Å². The van der Waals surface area contributed by atoms with Gasteiger partial charge in [-0.2, -0.15) is 0 Å². The smallest absolute Gasteiger partial charge is 0.191 e. The molecular formula is C21H37IN4O2. The van der Waals surface area contributed by atoms with Crippen LogP contribution in [0.5, 0.6) is 0 Å². The van der Waals surface area contributed by atoms with Crippen molar-refractivity contribution < 1.29 is 9.84 Å². The Bertz CT molecular complexity index is 536. The van der Waals surface area contributed by atoms with Gasteiger partial charge < -0.3 is 25.4 Å². The van der Waals surface area contributed by atoms with E-state index in [2.05, 4.69) is 34.4 Å². The number of nitrogens with zero attached hydrogens (tertiary/aromatic N) is 2. The van der Waals surface area contributed by atoms with Crippen LogP contribution in [0.4, 0.5) is 0 Å². The van der Waals surface area contributed by atoms with Crippen LogP contribution in [-0.4, -0.2) is 67.4 Å². The van der Waals surface area contributed by atoms with Gasteiger partial charge in [0, 0.05) is 25.7 Å². The Morgan fingerprint density at radius 1 is 1.25 bits per heavy atom. The molecule has 1 unspecified atom stereocenters. The van der Waals surface area contributed by atoms with E-state index in [-0.39, 0.29) is 30.6 Å². The SMILES string of the molecule is CCCN1CCC(NC(=NCC(O)COCc2ccccc2)NCC)CC1.I. The highest BCUT2D eigenvalue weighted by atomic mass is 127. The first-order chi connectivity index (χ1) is 13.2. The van der Waals surface area contributed by atoms with Crippen molar-refractivity contribution in [2.45, 2.75) is 51.9 Å². The van der Waals surface area contributed by atoms with Crippen LogP contribution < -0.4 is 10.6 Å². The number of aliphatic imine (C=N–C) groups is 1. The Morgan fingerprint density at radius 3 is 2.61 bits per heavy atom. The molecule has 1 aromatic carbocycles. The highest BCUT2D eigenvalue weighted by Gasteiger charge is 2.19. The van der Waals surface area contributed by atoms with Crippen molar-refractivity contribution in [3.63, 3.8) is 0 Å². The van der Waals surface area contributed by atoms with Gasteiger partial charge in [-0.05, 0) is 38.3 Å². The number of benzene rings is 1. The van der Waals surface area contributed by atoms with Gasteiger partial charge in [0.25, 0.3) is 0 Å². The quantitative estimate of drug-likeness (QED) is 0.260. The second-order valence-electron chi connectivity index (χ2n) is 7.13. The molecule has 28 heavy (non-hydrogen) atoms. The van der Waals surface area contributed by atoms with Crippen LogP contribution in [-0.2, 0) is 11.3 Å². The number of rotatable bonds is 10. The molecule has 0 amide bonds. The van der Waals surface area contributed by atoms with Crippen LogP contribution in [0.25, 0.3) is 0 Å². The summed E-state index contributed by atoms with van der Waals surface area (Å²) in [6.07, 6.45) is 2.88. The minimum Gasteiger partial charge on any atom is -0.389 e. The zero-order valence-electron chi connectivity index (χ0n) is 17.3. The summed E-state index contributed by atoms with van der Waals surface area (Å²) in [5, 5.41) is 16.9. The molecule has 0 aliphatic carbocycles. The van der Waals surface area contributed by atoms with E-state index in [1.807, 2.05) is 30.3 Å². The van der Waals surface area contributed by atoms with Crippen LogP contribution in [0.2, 0.25) is 0 Å². The zero-order chi connectivity index (χ0) is 19.3. The number of nitrogens with one attached hydrogen (secondary N) is 2. The average Bonchev–Trinajstić information content (AvgIpc) is 2.69. The summed E-state index contributed by atoms with van der Waals surface area (Å²) in [7, 11) is 0. The van der Waals surface area contributed by atoms with Crippen LogP contribution >= 0.6 is 24.0 Å². The summed E-state index contributed by atoms with van der Waals surface area (Å²) >= 11 is 0. The molecule has 1 aliphatic rings. The van der Waals surface area contributed by atoms with E-state index in [0.29, 0.717) is 19.2 Å². The molecule has 1 heterocycles. The normalized spacial score (nSPS) is 17.0. The first-order valence-electron chi connectivity index (χ1n) is 10.3. The molecule has 1 saturated heterocycles. The number of aliphatic hydroxyl groups excluding tert-OH is 1. The largest absolute Gasteiger partial charge is 0.389 e. The third-order valence-corrected chi connectivity index (χ3v) is 4.69. The van der Waals surface area contributed by atoms with Crippen LogP contribution in [0.3, 0.4) is 0 Å². The standard InChI is InChI=1S/C21H36N4O2.HI/c1-3-12-25-13-10-19(11-14-25)24-21(22-4-2)23-15-20(26)17-27-16-18-8-6-5-7-9-18;/h5-9,19-20,26H,3-4,10-17H2,1-2H3,(H2,22,23,24);1H. The van der Waals surface area contributed by atoms with Crippen molar-refractivity contribution >= 4 is 29.9 Å². The number of halogens is 1. The van der Waals surface area contributed by atoms with E-state index in [0.717, 1.165) is 44.0 Å². The van der Waals surface area contributed by atoms with Crippen molar-refractivity contribution in [3.8, 4) is 0 Å².